The van der Waals surface area contributed by atoms with Gasteiger partial charge in [0.1, 0.15) is 5.76 Å². The molecule has 3 aromatic rings. The summed E-state index contributed by atoms with van der Waals surface area (Å²) in [6.07, 6.45) is 0.187. The summed E-state index contributed by atoms with van der Waals surface area (Å²) < 4.78 is 6.62. The summed E-state index contributed by atoms with van der Waals surface area (Å²) in [7, 11) is 0. The van der Waals surface area contributed by atoms with E-state index in [-0.39, 0.29) is 12.3 Å². The van der Waals surface area contributed by atoms with Crippen molar-refractivity contribution in [2.24, 2.45) is 0 Å². The monoisotopic (exact) mass is 390 g/mol. The molecule has 3 rings (SSSR count). The minimum Gasteiger partial charge on any atom is -0.440 e. The fourth-order valence-electron chi connectivity index (χ4n) is 2.13. The van der Waals surface area contributed by atoms with E-state index in [1.165, 1.54) is 0 Å². The summed E-state index contributed by atoms with van der Waals surface area (Å²) in [6.45, 7) is 3.83. The number of hydrogen-bond donors (Lipinski definition) is 1. The van der Waals surface area contributed by atoms with Crippen molar-refractivity contribution in [1.29, 1.82) is 0 Å². The summed E-state index contributed by atoms with van der Waals surface area (Å²) in [5.74, 6) is 1.13. The molecule has 23 heavy (non-hydrogen) atoms. The smallest absolute Gasteiger partial charge is 0.236 e. The molecule has 0 unspecified atom stereocenters. The van der Waals surface area contributed by atoms with Gasteiger partial charge in [0.15, 0.2) is 0 Å². The summed E-state index contributed by atoms with van der Waals surface area (Å²) >= 11 is 5.02. The Morgan fingerprint density at radius 2 is 2.17 bits per heavy atom. The predicted molar refractivity (Wildman–Crippen MR) is 95.8 cm³/mol. The molecular weight excluding hydrogens is 376 g/mol. The first-order valence-corrected chi connectivity index (χ1v) is 8.76. The standard InChI is InChI=1S/C17H15BrN2O2S/c1-10-5-6-12(8-13(10)18)19-16(21)9-14-11(2)22-17(20-14)15-4-3-7-23-15/h3-8H,9H2,1-2H3,(H,19,21). The van der Waals surface area contributed by atoms with Gasteiger partial charge in [-0.15, -0.1) is 11.3 Å². The Morgan fingerprint density at radius 1 is 1.35 bits per heavy atom. The topological polar surface area (TPSA) is 55.1 Å². The van der Waals surface area contributed by atoms with E-state index in [0.717, 1.165) is 20.6 Å². The highest BCUT2D eigenvalue weighted by atomic mass is 79.9. The van der Waals surface area contributed by atoms with E-state index < -0.39 is 0 Å². The fraction of sp³-hybridized carbons (Fsp3) is 0.176. The summed E-state index contributed by atoms with van der Waals surface area (Å²) in [5.41, 5.74) is 2.54. The van der Waals surface area contributed by atoms with Gasteiger partial charge >= 0.3 is 0 Å². The van der Waals surface area contributed by atoms with Crippen LogP contribution in [0.2, 0.25) is 0 Å². The van der Waals surface area contributed by atoms with Gasteiger partial charge in [0, 0.05) is 10.2 Å². The molecule has 0 aliphatic rings. The van der Waals surface area contributed by atoms with Crippen LogP contribution in [0.4, 0.5) is 5.69 Å². The van der Waals surface area contributed by atoms with Crippen LogP contribution in [0, 0.1) is 13.8 Å². The average molecular weight is 391 g/mol. The van der Waals surface area contributed by atoms with E-state index in [9.17, 15) is 4.79 Å². The Bertz CT molecular complexity index is 840. The molecule has 6 heteroatoms. The van der Waals surface area contributed by atoms with Crippen molar-refractivity contribution in [3.8, 4) is 10.8 Å². The molecule has 0 bridgehead atoms. The normalized spacial score (nSPS) is 10.7. The van der Waals surface area contributed by atoms with Crippen molar-refractivity contribution < 1.29 is 9.21 Å². The number of anilines is 1. The van der Waals surface area contributed by atoms with Crippen molar-refractivity contribution >= 4 is 38.9 Å². The highest BCUT2D eigenvalue weighted by Gasteiger charge is 2.15. The van der Waals surface area contributed by atoms with Crippen molar-refractivity contribution in [1.82, 2.24) is 4.98 Å². The molecule has 118 valence electrons. The first kappa shape index (κ1) is 16.0. The molecule has 1 aromatic carbocycles. The molecule has 0 atom stereocenters. The van der Waals surface area contributed by atoms with Gasteiger partial charge in [-0.05, 0) is 43.0 Å². The third-order valence-electron chi connectivity index (χ3n) is 3.41. The van der Waals surface area contributed by atoms with Crippen molar-refractivity contribution in [2.75, 3.05) is 5.32 Å². The first-order chi connectivity index (χ1) is 11.0. The third-order valence-corrected chi connectivity index (χ3v) is 5.12. The highest BCUT2D eigenvalue weighted by molar-refractivity contribution is 9.10. The largest absolute Gasteiger partial charge is 0.440 e. The molecule has 0 saturated heterocycles. The second-order valence-electron chi connectivity index (χ2n) is 5.19. The second kappa shape index (κ2) is 6.68. The Hall–Kier alpha value is -1.92. The maximum absolute atomic E-state index is 12.2. The zero-order valence-corrected chi connectivity index (χ0v) is 15.1. The van der Waals surface area contributed by atoms with Crippen molar-refractivity contribution in [3.05, 3.63) is 57.2 Å². The number of nitrogens with zero attached hydrogens (tertiary/aromatic N) is 1. The van der Waals surface area contributed by atoms with Crippen molar-refractivity contribution in [3.63, 3.8) is 0 Å². The van der Waals surface area contributed by atoms with Crippen LogP contribution in [0.3, 0.4) is 0 Å². The maximum Gasteiger partial charge on any atom is 0.236 e. The van der Waals surface area contributed by atoms with Crippen LogP contribution in [0.15, 0.2) is 44.6 Å². The van der Waals surface area contributed by atoms with Crippen LogP contribution in [0.1, 0.15) is 17.0 Å². The molecule has 4 nitrogen and oxygen atoms in total. The number of thiophene rings is 1. The minimum atomic E-state index is -0.116. The van der Waals surface area contributed by atoms with Crippen LogP contribution in [-0.2, 0) is 11.2 Å². The molecule has 2 aromatic heterocycles. The number of nitrogens with one attached hydrogen (secondary N) is 1. The van der Waals surface area contributed by atoms with Gasteiger partial charge in [0.2, 0.25) is 11.8 Å². The molecule has 0 aliphatic carbocycles. The Kier molecular flexibility index (Phi) is 4.63. The van der Waals surface area contributed by atoms with E-state index in [1.54, 1.807) is 11.3 Å². The predicted octanol–water partition coefficient (Wildman–Crippen LogP) is 4.96. The van der Waals surface area contributed by atoms with Gasteiger partial charge in [0.05, 0.1) is 17.0 Å². The Balaban J connectivity index is 1.71. The summed E-state index contributed by atoms with van der Waals surface area (Å²) in [6, 6.07) is 9.62. The second-order valence-corrected chi connectivity index (χ2v) is 6.99. The van der Waals surface area contributed by atoms with Crippen molar-refractivity contribution in [2.45, 2.75) is 20.3 Å². The van der Waals surface area contributed by atoms with Gasteiger partial charge in [-0.1, -0.05) is 28.1 Å². The number of amides is 1. The van der Waals surface area contributed by atoms with Crippen LogP contribution < -0.4 is 5.32 Å². The van der Waals surface area contributed by atoms with Crippen LogP contribution in [0.25, 0.3) is 10.8 Å². The van der Waals surface area contributed by atoms with E-state index in [2.05, 4.69) is 26.2 Å². The molecule has 0 saturated carbocycles. The number of aryl methyl sites for hydroxylation is 2. The molecule has 1 amide bonds. The SMILES string of the molecule is Cc1ccc(NC(=O)Cc2nc(-c3cccs3)oc2C)cc1Br. The Labute approximate surface area is 146 Å². The Morgan fingerprint density at radius 3 is 2.87 bits per heavy atom. The van der Waals surface area contributed by atoms with Gasteiger partial charge in [-0.25, -0.2) is 4.98 Å². The van der Waals surface area contributed by atoms with Crippen LogP contribution in [0.5, 0.6) is 0 Å². The first-order valence-electron chi connectivity index (χ1n) is 7.09. The summed E-state index contributed by atoms with van der Waals surface area (Å²) in [5, 5.41) is 4.85. The number of oxazole rings is 1. The van der Waals surface area contributed by atoms with Gasteiger partial charge in [-0.3, -0.25) is 4.79 Å². The summed E-state index contributed by atoms with van der Waals surface area (Å²) in [4.78, 5) is 17.6. The van der Waals surface area contributed by atoms with Crippen LogP contribution >= 0.6 is 27.3 Å². The lowest BCUT2D eigenvalue weighted by molar-refractivity contribution is -0.115. The molecule has 2 heterocycles. The fourth-order valence-corrected chi connectivity index (χ4v) is 3.15. The number of carbonyl (C=O) groups excluding carboxylic acids is 1. The van der Waals surface area contributed by atoms with Gasteiger partial charge in [-0.2, -0.15) is 0 Å². The number of hydrogen-bond acceptors (Lipinski definition) is 4. The zero-order valence-electron chi connectivity index (χ0n) is 12.7. The molecule has 0 fully saturated rings. The zero-order chi connectivity index (χ0) is 16.4. The quantitative estimate of drug-likeness (QED) is 0.684. The molecule has 0 aliphatic heterocycles. The number of rotatable bonds is 4. The third kappa shape index (κ3) is 3.71. The van der Waals surface area contributed by atoms with E-state index in [1.807, 2.05) is 49.6 Å². The van der Waals surface area contributed by atoms with Crippen LogP contribution in [-0.4, -0.2) is 10.9 Å². The number of aromatic nitrogens is 1. The van der Waals surface area contributed by atoms with Gasteiger partial charge < -0.3 is 9.73 Å². The molecule has 0 radical (unpaired) electrons. The molecular formula is C17H15BrN2O2S. The van der Waals surface area contributed by atoms with E-state index in [4.69, 9.17) is 4.42 Å². The maximum atomic E-state index is 12.2. The molecule has 1 N–H and O–H groups in total. The number of halogens is 1. The van der Waals surface area contributed by atoms with E-state index >= 15 is 0 Å². The lowest BCUT2D eigenvalue weighted by Crippen LogP contribution is -2.15. The lowest BCUT2D eigenvalue weighted by atomic mass is 10.2. The van der Waals surface area contributed by atoms with E-state index in [0.29, 0.717) is 17.3 Å². The lowest BCUT2D eigenvalue weighted by Gasteiger charge is -2.06. The average Bonchev–Trinajstić information content (AvgIpc) is 3.13. The number of benzene rings is 1. The highest BCUT2D eigenvalue weighted by Crippen LogP contribution is 2.26. The minimum absolute atomic E-state index is 0.116. The van der Waals surface area contributed by atoms with Gasteiger partial charge in [0.25, 0.3) is 0 Å². The molecule has 0 spiro atoms. The number of carbonyl (C=O) groups is 1.